The Morgan fingerprint density at radius 1 is 1.27 bits per heavy atom. The van der Waals surface area contributed by atoms with Crippen molar-refractivity contribution >= 4 is 28.8 Å². The fourth-order valence-corrected chi connectivity index (χ4v) is 5.20. The summed E-state index contributed by atoms with van der Waals surface area (Å²) >= 11 is 7.68. The topological polar surface area (TPSA) is 23.6 Å². The van der Waals surface area contributed by atoms with Gasteiger partial charge in [-0.25, -0.2) is 0 Å². The Morgan fingerprint density at radius 3 is 2.86 bits per heavy atom. The zero-order chi connectivity index (χ0) is 15.2. The second kappa shape index (κ2) is 5.81. The van der Waals surface area contributed by atoms with Crippen LogP contribution in [-0.2, 0) is 11.3 Å². The van der Waals surface area contributed by atoms with Crippen molar-refractivity contribution in [2.45, 2.75) is 38.6 Å². The third kappa shape index (κ3) is 2.93. The molecule has 1 saturated carbocycles. The number of amides is 1. The average Bonchev–Trinajstić information content (AvgIpc) is 3.09. The first-order valence-corrected chi connectivity index (χ1v) is 9.60. The van der Waals surface area contributed by atoms with E-state index in [-0.39, 0.29) is 5.41 Å². The van der Waals surface area contributed by atoms with Gasteiger partial charge in [0, 0.05) is 31.1 Å². The molecule has 0 N–H and O–H groups in total. The molecule has 0 unspecified atom stereocenters. The van der Waals surface area contributed by atoms with Gasteiger partial charge in [-0.2, -0.15) is 0 Å². The predicted octanol–water partition coefficient (Wildman–Crippen LogP) is 3.63. The van der Waals surface area contributed by atoms with Gasteiger partial charge in [0.2, 0.25) is 5.91 Å². The van der Waals surface area contributed by atoms with E-state index in [1.54, 1.807) is 11.3 Å². The van der Waals surface area contributed by atoms with E-state index in [0.717, 1.165) is 55.8 Å². The largest absolute Gasteiger partial charge is 0.342 e. The maximum atomic E-state index is 13.0. The maximum absolute atomic E-state index is 13.0. The molecule has 1 aromatic rings. The van der Waals surface area contributed by atoms with Crippen LogP contribution in [0, 0.1) is 11.3 Å². The van der Waals surface area contributed by atoms with Crippen molar-refractivity contribution in [3.8, 4) is 0 Å². The molecule has 1 amide bonds. The van der Waals surface area contributed by atoms with Gasteiger partial charge in [0.25, 0.3) is 0 Å². The Balaban J connectivity index is 1.41. The second-order valence-electron chi connectivity index (χ2n) is 7.24. The molecule has 0 bridgehead atoms. The molecular formula is C17H23ClN2OS. The van der Waals surface area contributed by atoms with Gasteiger partial charge in [-0.05, 0) is 56.7 Å². The fourth-order valence-electron chi connectivity index (χ4n) is 4.07. The molecule has 3 nitrogen and oxygen atoms in total. The molecular weight excluding hydrogens is 316 g/mol. The van der Waals surface area contributed by atoms with Gasteiger partial charge in [-0.15, -0.1) is 11.3 Å². The van der Waals surface area contributed by atoms with Crippen LogP contribution in [0.25, 0.3) is 0 Å². The Bertz CT molecular complexity index is 571. The summed E-state index contributed by atoms with van der Waals surface area (Å²) in [4.78, 5) is 18.9. The van der Waals surface area contributed by atoms with Crippen molar-refractivity contribution in [2.75, 3.05) is 26.2 Å². The van der Waals surface area contributed by atoms with E-state index in [4.69, 9.17) is 11.6 Å². The molecule has 22 heavy (non-hydrogen) atoms. The van der Waals surface area contributed by atoms with Gasteiger partial charge in [0.05, 0.1) is 9.75 Å². The number of likely N-dealkylation sites (tertiary alicyclic amines) is 2. The first-order chi connectivity index (χ1) is 10.6. The molecule has 2 saturated heterocycles. The second-order valence-corrected chi connectivity index (χ2v) is 9.04. The highest BCUT2D eigenvalue weighted by molar-refractivity contribution is 7.16. The van der Waals surface area contributed by atoms with Crippen LogP contribution in [0.5, 0.6) is 0 Å². The van der Waals surface area contributed by atoms with E-state index < -0.39 is 0 Å². The lowest BCUT2D eigenvalue weighted by molar-refractivity contribution is -0.145. The van der Waals surface area contributed by atoms with Gasteiger partial charge < -0.3 is 4.90 Å². The van der Waals surface area contributed by atoms with Crippen LogP contribution in [0.3, 0.4) is 0 Å². The summed E-state index contributed by atoms with van der Waals surface area (Å²) in [5.74, 6) is 1.24. The Morgan fingerprint density at radius 2 is 2.14 bits per heavy atom. The zero-order valence-electron chi connectivity index (χ0n) is 12.9. The predicted molar refractivity (Wildman–Crippen MR) is 90.2 cm³/mol. The normalized spacial score (nSPS) is 29.7. The van der Waals surface area contributed by atoms with Crippen LogP contribution in [0.2, 0.25) is 4.34 Å². The molecule has 0 aromatic carbocycles. The van der Waals surface area contributed by atoms with Gasteiger partial charge in [0.1, 0.15) is 0 Å². The smallest absolute Gasteiger partial charge is 0.230 e. The van der Waals surface area contributed by atoms with E-state index in [9.17, 15) is 4.79 Å². The summed E-state index contributed by atoms with van der Waals surface area (Å²) in [5.41, 5.74) is -0.0891. The molecule has 3 aliphatic rings. The van der Waals surface area contributed by atoms with Crippen molar-refractivity contribution in [3.05, 3.63) is 21.3 Å². The number of rotatable bonds is 4. The zero-order valence-corrected chi connectivity index (χ0v) is 14.5. The average molecular weight is 339 g/mol. The van der Waals surface area contributed by atoms with Gasteiger partial charge >= 0.3 is 0 Å². The summed E-state index contributed by atoms with van der Waals surface area (Å²) < 4.78 is 0.855. The van der Waals surface area contributed by atoms with Gasteiger partial charge in [-0.1, -0.05) is 11.6 Å². The maximum Gasteiger partial charge on any atom is 0.230 e. The van der Waals surface area contributed by atoms with E-state index in [1.165, 1.54) is 24.1 Å². The number of halogens is 1. The molecule has 5 heteroatoms. The highest BCUT2D eigenvalue weighted by atomic mass is 35.5. The third-order valence-corrected chi connectivity index (χ3v) is 6.66. The number of carbonyl (C=O) groups excluding carboxylic acids is 1. The lowest BCUT2D eigenvalue weighted by Crippen LogP contribution is -2.50. The minimum absolute atomic E-state index is 0.0891. The third-order valence-electron chi connectivity index (χ3n) is 5.44. The Labute approximate surface area is 141 Å². The number of piperidine rings is 1. The lowest BCUT2D eigenvalue weighted by Gasteiger charge is -2.39. The van der Waals surface area contributed by atoms with Crippen molar-refractivity contribution in [2.24, 2.45) is 11.3 Å². The summed E-state index contributed by atoms with van der Waals surface area (Å²) in [7, 11) is 0. The van der Waals surface area contributed by atoms with Crippen LogP contribution in [0.15, 0.2) is 12.1 Å². The SMILES string of the molecule is O=C1N(CC2CC2)CCC[C@@]12CCN(Cc1ccc(Cl)s1)C2. The standard InChI is InChI=1S/C17H23ClN2OS/c18-15-5-4-14(22-15)11-19-9-7-17(12-19)6-1-8-20(16(17)21)10-13-2-3-13/h4-5,13H,1-3,6-12H2/t17-/m0/s1. The van der Waals surface area contributed by atoms with Crippen LogP contribution in [-0.4, -0.2) is 41.9 Å². The van der Waals surface area contributed by atoms with E-state index in [2.05, 4.69) is 15.9 Å². The molecule has 120 valence electrons. The van der Waals surface area contributed by atoms with Crippen LogP contribution in [0.1, 0.15) is 37.0 Å². The van der Waals surface area contributed by atoms with E-state index in [0.29, 0.717) is 5.91 Å². The van der Waals surface area contributed by atoms with Crippen LogP contribution >= 0.6 is 22.9 Å². The molecule has 1 atom stereocenters. The quantitative estimate of drug-likeness (QED) is 0.837. The molecule has 1 spiro atoms. The highest BCUT2D eigenvalue weighted by Crippen LogP contribution is 2.42. The molecule has 0 radical (unpaired) electrons. The Kier molecular flexibility index (Phi) is 3.95. The molecule has 2 aliphatic heterocycles. The molecule has 3 fully saturated rings. The summed E-state index contributed by atoms with van der Waals surface area (Å²) in [6.45, 7) is 4.91. The minimum atomic E-state index is -0.0891. The van der Waals surface area contributed by atoms with E-state index in [1.807, 2.05) is 6.07 Å². The molecule has 1 aromatic heterocycles. The number of carbonyl (C=O) groups is 1. The summed E-state index contributed by atoms with van der Waals surface area (Å²) in [6, 6.07) is 4.08. The van der Waals surface area contributed by atoms with Gasteiger partial charge in [0.15, 0.2) is 0 Å². The van der Waals surface area contributed by atoms with Crippen molar-refractivity contribution in [1.29, 1.82) is 0 Å². The fraction of sp³-hybridized carbons (Fsp3) is 0.706. The monoisotopic (exact) mass is 338 g/mol. The van der Waals surface area contributed by atoms with Crippen molar-refractivity contribution in [1.82, 2.24) is 9.80 Å². The molecule has 4 rings (SSSR count). The molecule has 3 heterocycles. The van der Waals surface area contributed by atoms with Gasteiger partial charge in [-0.3, -0.25) is 9.69 Å². The lowest BCUT2D eigenvalue weighted by atomic mass is 9.78. The molecule has 1 aliphatic carbocycles. The van der Waals surface area contributed by atoms with Crippen molar-refractivity contribution in [3.63, 3.8) is 0 Å². The van der Waals surface area contributed by atoms with Crippen LogP contribution in [0.4, 0.5) is 0 Å². The summed E-state index contributed by atoms with van der Waals surface area (Å²) in [5, 5.41) is 0. The number of nitrogens with zero attached hydrogens (tertiary/aromatic N) is 2. The van der Waals surface area contributed by atoms with Crippen LogP contribution < -0.4 is 0 Å². The van der Waals surface area contributed by atoms with Crippen molar-refractivity contribution < 1.29 is 4.79 Å². The number of thiophene rings is 1. The first-order valence-electron chi connectivity index (χ1n) is 8.41. The number of hydrogen-bond acceptors (Lipinski definition) is 3. The summed E-state index contributed by atoms with van der Waals surface area (Å²) in [6.07, 6.45) is 5.93. The number of hydrogen-bond donors (Lipinski definition) is 0. The minimum Gasteiger partial charge on any atom is -0.342 e. The first kappa shape index (κ1) is 15.0. The van der Waals surface area contributed by atoms with E-state index >= 15 is 0 Å². The highest BCUT2D eigenvalue weighted by Gasteiger charge is 2.48. The Hall–Kier alpha value is -0.580.